The molecule has 0 bridgehead atoms. The Balaban J connectivity index is 1.95. The van der Waals surface area contributed by atoms with Crippen molar-refractivity contribution in [3.63, 3.8) is 0 Å². The second kappa shape index (κ2) is 7.05. The number of hydrogen-bond donors (Lipinski definition) is 0. The van der Waals surface area contributed by atoms with Gasteiger partial charge in [-0.3, -0.25) is 0 Å². The van der Waals surface area contributed by atoms with Gasteiger partial charge in [0.15, 0.2) is 0 Å². The first kappa shape index (κ1) is 16.5. The van der Waals surface area contributed by atoms with Gasteiger partial charge in [0.25, 0.3) is 0 Å². The van der Waals surface area contributed by atoms with Crippen molar-refractivity contribution in [2.75, 3.05) is 14.2 Å². The van der Waals surface area contributed by atoms with Gasteiger partial charge in [-0.1, -0.05) is 18.2 Å². The van der Waals surface area contributed by atoms with Gasteiger partial charge in [-0.15, -0.1) is 0 Å². The first-order chi connectivity index (χ1) is 12.1. The van der Waals surface area contributed by atoms with Gasteiger partial charge in [0, 0.05) is 11.6 Å². The van der Waals surface area contributed by atoms with Crippen molar-refractivity contribution < 1.29 is 23.8 Å². The van der Waals surface area contributed by atoms with Crippen LogP contribution in [0, 0.1) is 0 Å². The zero-order valence-electron chi connectivity index (χ0n) is 13.8. The van der Waals surface area contributed by atoms with E-state index in [-0.39, 0.29) is 0 Å². The summed E-state index contributed by atoms with van der Waals surface area (Å²) in [6.45, 7) is 0. The molecule has 3 rings (SSSR count). The minimum atomic E-state index is -0.443. The molecule has 0 N–H and O–H groups in total. The van der Waals surface area contributed by atoms with Crippen LogP contribution in [0.3, 0.4) is 0 Å². The van der Waals surface area contributed by atoms with Gasteiger partial charge in [0.1, 0.15) is 11.5 Å². The number of carbonyl (C=O) groups excluding carboxylic acids is 2. The Morgan fingerprint density at radius 3 is 2.44 bits per heavy atom. The van der Waals surface area contributed by atoms with Crippen LogP contribution in [0.15, 0.2) is 48.5 Å². The molecule has 0 amide bonds. The van der Waals surface area contributed by atoms with E-state index in [2.05, 4.69) is 4.74 Å². The summed E-state index contributed by atoms with van der Waals surface area (Å²) in [7, 11) is 2.92. The van der Waals surface area contributed by atoms with Crippen molar-refractivity contribution in [3.05, 3.63) is 65.2 Å². The molecular weight excluding hydrogens is 320 g/mol. The van der Waals surface area contributed by atoms with Crippen LogP contribution < -0.4 is 9.47 Å². The van der Waals surface area contributed by atoms with E-state index in [1.807, 2.05) is 24.3 Å². The lowest BCUT2D eigenvalue weighted by Crippen LogP contribution is -2.00. The molecule has 0 saturated heterocycles. The van der Waals surface area contributed by atoms with Crippen LogP contribution in [-0.4, -0.2) is 26.2 Å². The molecule has 5 heteroatoms. The summed E-state index contributed by atoms with van der Waals surface area (Å²) in [5.41, 5.74) is 2.78. The van der Waals surface area contributed by atoms with Crippen LogP contribution in [0.5, 0.6) is 11.5 Å². The normalized spacial score (nSPS) is 14.5. The summed E-state index contributed by atoms with van der Waals surface area (Å²) in [6.07, 6.45) is 4.72. The number of methoxy groups -OCH3 is 2. The Hall–Kier alpha value is -3.34. The fraction of sp³-hybridized carbons (Fsp3) is 0.100. The molecule has 5 nitrogen and oxygen atoms in total. The van der Waals surface area contributed by atoms with Crippen molar-refractivity contribution in [1.82, 2.24) is 0 Å². The smallest absolute Gasteiger partial charge is 0.344 e. The van der Waals surface area contributed by atoms with Gasteiger partial charge < -0.3 is 14.2 Å². The van der Waals surface area contributed by atoms with Crippen molar-refractivity contribution in [2.45, 2.75) is 0 Å². The minimum Gasteiger partial charge on any atom is -0.497 e. The highest BCUT2D eigenvalue weighted by molar-refractivity contribution is 6.26. The topological polar surface area (TPSA) is 61.8 Å². The fourth-order valence-corrected chi connectivity index (χ4v) is 2.45. The molecule has 1 aliphatic rings. The number of esters is 2. The van der Waals surface area contributed by atoms with Gasteiger partial charge in [-0.05, 0) is 47.5 Å². The molecule has 1 aliphatic heterocycles. The van der Waals surface area contributed by atoms with E-state index in [1.54, 1.807) is 37.5 Å². The summed E-state index contributed by atoms with van der Waals surface area (Å²) < 4.78 is 15.0. The maximum atomic E-state index is 12.2. The number of carbonyl (C=O) groups is 2. The highest BCUT2D eigenvalue weighted by atomic mass is 16.5. The zero-order valence-corrected chi connectivity index (χ0v) is 13.8. The van der Waals surface area contributed by atoms with E-state index in [9.17, 15) is 9.59 Å². The Morgan fingerprint density at radius 2 is 1.76 bits per heavy atom. The number of benzene rings is 2. The van der Waals surface area contributed by atoms with E-state index >= 15 is 0 Å². The molecule has 2 aromatic carbocycles. The van der Waals surface area contributed by atoms with Gasteiger partial charge in [0.05, 0.1) is 19.8 Å². The first-order valence-electron chi connectivity index (χ1n) is 7.59. The van der Waals surface area contributed by atoms with Crippen LogP contribution in [0.25, 0.3) is 17.7 Å². The van der Waals surface area contributed by atoms with Crippen LogP contribution in [0.4, 0.5) is 0 Å². The van der Waals surface area contributed by atoms with Crippen LogP contribution >= 0.6 is 0 Å². The molecule has 0 aromatic heterocycles. The summed E-state index contributed by atoms with van der Waals surface area (Å²) in [4.78, 5) is 23.4. The lowest BCUT2D eigenvalue weighted by molar-refractivity contribution is -0.134. The Kier molecular flexibility index (Phi) is 4.66. The second-order valence-corrected chi connectivity index (χ2v) is 5.33. The Labute approximate surface area is 145 Å². The first-order valence-corrected chi connectivity index (χ1v) is 7.59. The van der Waals surface area contributed by atoms with E-state index in [1.165, 1.54) is 13.2 Å². The molecule has 0 fully saturated rings. The molecule has 2 aromatic rings. The third-order valence-electron chi connectivity index (χ3n) is 3.76. The molecule has 0 atom stereocenters. The third kappa shape index (κ3) is 3.61. The summed E-state index contributed by atoms with van der Waals surface area (Å²) in [5, 5.41) is 0. The second-order valence-electron chi connectivity index (χ2n) is 5.33. The van der Waals surface area contributed by atoms with Crippen molar-refractivity contribution in [2.24, 2.45) is 0 Å². The highest BCUT2D eigenvalue weighted by Gasteiger charge is 2.26. The van der Waals surface area contributed by atoms with Gasteiger partial charge >= 0.3 is 11.9 Å². The van der Waals surface area contributed by atoms with E-state index in [4.69, 9.17) is 9.47 Å². The van der Waals surface area contributed by atoms with Crippen molar-refractivity contribution >= 4 is 29.7 Å². The van der Waals surface area contributed by atoms with Crippen molar-refractivity contribution in [1.29, 1.82) is 0 Å². The third-order valence-corrected chi connectivity index (χ3v) is 3.76. The van der Waals surface area contributed by atoms with E-state index in [0.717, 1.165) is 16.9 Å². The lowest BCUT2D eigenvalue weighted by atomic mass is 10.0. The number of fused-ring (bicyclic) bond motifs is 1. The summed E-state index contributed by atoms with van der Waals surface area (Å²) in [5.74, 6) is 0.397. The molecule has 0 unspecified atom stereocenters. The molecule has 0 radical (unpaired) electrons. The molecule has 1 heterocycles. The largest absolute Gasteiger partial charge is 0.497 e. The minimum absolute atomic E-state index is 0.403. The standard InChI is InChI=1S/C20H16O5/c1-23-15-7-3-13(4-8-15)12-17-16-11-14(6-10-19(21)24-2)5-9-18(16)25-20(17)22/h3-12H,1-2H3. The zero-order chi connectivity index (χ0) is 17.8. The Morgan fingerprint density at radius 1 is 1.04 bits per heavy atom. The van der Waals surface area contributed by atoms with Crippen LogP contribution in [0.2, 0.25) is 0 Å². The molecular formula is C20H16O5. The van der Waals surface area contributed by atoms with Crippen LogP contribution in [-0.2, 0) is 14.3 Å². The van der Waals surface area contributed by atoms with Gasteiger partial charge in [-0.2, -0.15) is 0 Å². The van der Waals surface area contributed by atoms with E-state index in [0.29, 0.717) is 16.9 Å². The number of ether oxygens (including phenoxy) is 3. The lowest BCUT2D eigenvalue weighted by Gasteiger charge is -2.01. The quantitative estimate of drug-likeness (QED) is 0.487. The van der Waals surface area contributed by atoms with Gasteiger partial charge in [0.2, 0.25) is 0 Å². The molecule has 0 saturated carbocycles. The fourth-order valence-electron chi connectivity index (χ4n) is 2.45. The molecule has 25 heavy (non-hydrogen) atoms. The van der Waals surface area contributed by atoms with Crippen LogP contribution in [0.1, 0.15) is 16.7 Å². The predicted octanol–water partition coefficient (Wildman–Crippen LogP) is 3.34. The number of rotatable bonds is 4. The average Bonchev–Trinajstić information content (AvgIpc) is 2.95. The molecule has 0 spiro atoms. The monoisotopic (exact) mass is 336 g/mol. The SMILES string of the molecule is COC(=O)C=Cc1ccc2c(c1)C(=Cc1ccc(OC)cc1)C(=O)O2. The molecule has 0 aliphatic carbocycles. The van der Waals surface area contributed by atoms with E-state index < -0.39 is 11.9 Å². The predicted molar refractivity (Wildman–Crippen MR) is 94.0 cm³/mol. The number of hydrogen-bond acceptors (Lipinski definition) is 5. The average molecular weight is 336 g/mol. The van der Waals surface area contributed by atoms with Gasteiger partial charge in [-0.25, -0.2) is 9.59 Å². The molecule has 126 valence electrons. The summed E-state index contributed by atoms with van der Waals surface area (Å²) >= 11 is 0. The summed E-state index contributed by atoms with van der Waals surface area (Å²) in [6, 6.07) is 12.6. The maximum Gasteiger partial charge on any atom is 0.344 e. The van der Waals surface area contributed by atoms with Crippen molar-refractivity contribution in [3.8, 4) is 11.5 Å². The highest BCUT2D eigenvalue weighted by Crippen LogP contribution is 2.36. The Bertz CT molecular complexity index is 875. The maximum absolute atomic E-state index is 12.2.